The highest BCUT2D eigenvalue weighted by molar-refractivity contribution is 6.30. The lowest BCUT2D eigenvalue weighted by Gasteiger charge is -2.27. The lowest BCUT2D eigenvalue weighted by molar-refractivity contribution is -0.119. The summed E-state index contributed by atoms with van der Waals surface area (Å²) in [5.41, 5.74) is 6.94. The Balaban J connectivity index is 1.91. The molecule has 0 radical (unpaired) electrons. The molecule has 8 nitrogen and oxygen atoms in total. The first-order chi connectivity index (χ1) is 16.7. The molecule has 0 atom stereocenters. The summed E-state index contributed by atoms with van der Waals surface area (Å²) in [6.45, 7) is 5.16. The highest BCUT2D eigenvalue weighted by Gasteiger charge is 2.25. The number of aromatic amines is 1. The van der Waals surface area contributed by atoms with Crippen molar-refractivity contribution >= 4 is 29.0 Å². The summed E-state index contributed by atoms with van der Waals surface area (Å²) in [6.07, 6.45) is 0.670. The number of halogens is 1. The van der Waals surface area contributed by atoms with Crippen molar-refractivity contribution in [1.82, 2.24) is 14.5 Å². The van der Waals surface area contributed by atoms with Gasteiger partial charge in [0, 0.05) is 18.1 Å². The normalized spacial score (nSPS) is 11.3. The molecule has 0 unspecified atom stereocenters. The summed E-state index contributed by atoms with van der Waals surface area (Å²) in [5.74, 6) is -0.00286. The molecule has 1 aromatic heterocycles. The van der Waals surface area contributed by atoms with E-state index in [-0.39, 0.29) is 30.5 Å². The Kier molecular flexibility index (Phi) is 8.89. The van der Waals surface area contributed by atoms with Crippen LogP contribution in [-0.2, 0) is 17.9 Å². The van der Waals surface area contributed by atoms with E-state index in [1.807, 2.05) is 68.3 Å². The highest BCUT2D eigenvalue weighted by atomic mass is 35.5. The number of amides is 1. The number of anilines is 2. The topological polar surface area (TPSA) is 104 Å². The average Bonchev–Trinajstić information content (AvgIpc) is 2.80. The second-order valence-corrected chi connectivity index (χ2v) is 9.53. The van der Waals surface area contributed by atoms with E-state index in [4.69, 9.17) is 17.3 Å². The molecule has 0 spiro atoms. The Morgan fingerprint density at radius 3 is 2.34 bits per heavy atom. The Bertz CT molecular complexity index is 1250. The first-order valence-corrected chi connectivity index (χ1v) is 11.9. The largest absolute Gasteiger partial charge is 0.383 e. The molecule has 35 heavy (non-hydrogen) atoms. The average molecular weight is 498 g/mol. The van der Waals surface area contributed by atoms with Crippen molar-refractivity contribution in [2.75, 3.05) is 30.8 Å². The number of H-pyrrole nitrogens is 1. The first-order valence-electron chi connectivity index (χ1n) is 11.6. The Morgan fingerprint density at radius 2 is 1.71 bits per heavy atom. The van der Waals surface area contributed by atoms with Crippen LogP contribution in [0.2, 0.25) is 5.02 Å². The van der Waals surface area contributed by atoms with Crippen LogP contribution in [0.1, 0.15) is 31.4 Å². The minimum absolute atomic E-state index is 0.00562. The van der Waals surface area contributed by atoms with Crippen molar-refractivity contribution in [2.45, 2.75) is 33.4 Å². The predicted octanol–water partition coefficient (Wildman–Crippen LogP) is 3.33. The number of nitrogen functional groups attached to an aromatic ring is 1. The number of aromatic nitrogens is 2. The van der Waals surface area contributed by atoms with Crippen LogP contribution in [0.25, 0.3) is 0 Å². The molecule has 0 bridgehead atoms. The van der Waals surface area contributed by atoms with Crippen LogP contribution in [0.15, 0.2) is 64.2 Å². The molecule has 0 saturated carbocycles. The lowest BCUT2D eigenvalue weighted by Crippen LogP contribution is -2.45. The maximum atomic E-state index is 13.4. The molecule has 3 aromatic rings. The number of nitrogens with zero attached hydrogens (tertiary/aromatic N) is 3. The van der Waals surface area contributed by atoms with Crippen molar-refractivity contribution < 1.29 is 4.79 Å². The molecular formula is C26H32ClN5O3. The Hall–Kier alpha value is -3.36. The second kappa shape index (κ2) is 11.9. The Morgan fingerprint density at radius 1 is 1.06 bits per heavy atom. The van der Waals surface area contributed by atoms with Gasteiger partial charge in [-0.25, -0.2) is 4.79 Å². The first kappa shape index (κ1) is 26.2. The molecule has 0 fully saturated rings. The molecule has 9 heteroatoms. The van der Waals surface area contributed by atoms with Crippen LogP contribution in [0.5, 0.6) is 0 Å². The van der Waals surface area contributed by atoms with Crippen LogP contribution in [0.3, 0.4) is 0 Å². The van der Waals surface area contributed by atoms with E-state index < -0.39 is 11.2 Å². The van der Waals surface area contributed by atoms with Gasteiger partial charge in [0.25, 0.3) is 5.56 Å². The summed E-state index contributed by atoms with van der Waals surface area (Å²) in [5, 5.41) is 0.646. The highest BCUT2D eigenvalue weighted by Crippen LogP contribution is 2.20. The third-order valence-electron chi connectivity index (χ3n) is 5.67. The third-order valence-corrected chi connectivity index (χ3v) is 5.92. The zero-order chi connectivity index (χ0) is 25.5. The number of likely N-dealkylation sites (N-methyl/N-ethyl adjacent to an activating group) is 1. The summed E-state index contributed by atoms with van der Waals surface area (Å²) < 4.78 is 1.29. The number of benzene rings is 2. The van der Waals surface area contributed by atoms with Gasteiger partial charge in [-0.2, -0.15) is 0 Å². The molecule has 186 valence electrons. The molecular weight excluding hydrogens is 466 g/mol. The van der Waals surface area contributed by atoms with Gasteiger partial charge in [0.1, 0.15) is 5.82 Å². The zero-order valence-electron chi connectivity index (χ0n) is 20.3. The van der Waals surface area contributed by atoms with Gasteiger partial charge in [-0.3, -0.25) is 24.0 Å². The summed E-state index contributed by atoms with van der Waals surface area (Å²) in [7, 11) is 1.83. The Labute approximate surface area is 209 Å². The summed E-state index contributed by atoms with van der Waals surface area (Å²) in [6, 6.07) is 16.7. The quantitative estimate of drug-likeness (QED) is 0.447. The molecule has 0 saturated heterocycles. The molecule has 0 aliphatic heterocycles. The fourth-order valence-electron chi connectivity index (χ4n) is 3.78. The fraction of sp³-hybridized carbons (Fsp3) is 0.346. The summed E-state index contributed by atoms with van der Waals surface area (Å²) >= 11 is 5.96. The standard InChI is InChI=1S/C26H32ClN5O3/c1-18(2)13-14-31(22(33)17-30(3)15-20-9-11-21(27)12-10-20)23-24(28)32(26(35)29-25(23)34)16-19-7-5-4-6-8-19/h4-12,18H,13-17,28H2,1-3H3,(H,29,34,35). The van der Waals surface area contributed by atoms with Gasteiger partial charge in [0.2, 0.25) is 5.91 Å². The van der Waals surface area contributed by atoms with Crippen LogP contribution >= 0.6 is 11.6 Å². The lowest BCUT2D eigenvalue weighted by atomic mass is 10.1. The van der Waals surface area contributed by atoms with Crippen molar-refractivity contribution in [2.24, 2.45) is 5.92 Å². The van der Waals surface area contributed by atoms with Crippen LogP contribution in [0, 0.1) is 5.92 Å². The molecule has 1 heterocycles. The van der Waals surface area contributed by atoms with Crippen molar-refractivity contribution in [3.05, 3.63) is 91.6 Å². The van der Waals surface area contributed by atoms with Crippen LogP contribution in [-0.4, -0.2) is 40.5 Å². The maximum absolute atomic E-state index is 13.4. The van der Waals surface area contributed by atoms with Gasteiger partial charge in [0.05, 0.1) is 13.1 Å². The molecule has 3 N–H and O–H groups in total. The van der Waals surface area contributed by atoms with E-state index >= 15 is 0 Å². The second-order valence-electron chi connectivity index (χ2n) is 9.09. The SMILES string of the molecule is CC(C)CCN(C(=O)CN(C)Cc1ccc(Cl)cc1)c1c(N)n(Cc2ccccc2)c(=O)[nH]c1=O. The molecule has 3 rings (SSSR count). The van der Waals surface area contributed by atoms with Crippen LogP contribution in [0.4, 0.5) is 11.5 Å². The molecule has 1 amide bonds. The van der Waals surface area contributed by atoms with Crippen molar-refractivity contribution in [3.8, 4) is 0 Å². The number of rotatable bonds is 10. The number of hydrogen-bond acceptors (Lipinski definition) is 5. The third kappa shape index (κ3) is 7.07. The number of hydrogen-bond donors (Lipinski definition) is 2. The van der Waals surface area contributed by atoms with Gasteiger partial charge in [-0.15, -0.1) is 0 Å². The number of nitrogens with two attached hydrogens (primary N) is 1. The molecule has 2 aromatic carbocycles. The van der Waals surface area contributed by atoms with Gasteiger partial charge in [-0.05, 0) is 42.6 Å². The van der Waals surface area contributed by atoms with Crippen molar-refractivity contribution in [3.63, 3.8) is 0 Å². The maximum Gasteiger partial charge on any atom is 0.330 e. The van der Waals surface area contributed by atoms with Gasteiger partial charge < -0.3 is 10.6 Å². The monoisotopic (exact) mass is 497 g/mol. The minimum atomic E-state index is -0.672. The van der Waals surface area contributed by atoms with E-state index in [2.05, 4.69) is 4.98 Å². The van der Waals surface area contributed by atoms with E-state index in [0.29, 0.717) is 30.5 Å². The van der Waals surface area contributed by atoms with Gasteiger partial charge >= 0.3 is 5.69 Å². The smallest absolute Gasteiger partial charge is 0.330 e. The van der Waals surface area contributed by atoms with Gasteiger partial charge in [-0.1, -0.05) is 67.9 Å². The fourth-order valence-corrected chi connectivity index (χ4v) is 3.91. The van der Waals surface area contributed by atoms with E-state index in [9.17, 15) is 14.4 Å². The number of nitrogens with one attached hydrogen (secondary N) is 1. The molecule has 0 aliphatic carbocycles. The number of carbonyl (C=O) groups is 1. The number of carbonyl (C=O) groups excluding carboxylic acids is 1. The van der Waals surface area contributed by atoms with Crippen LogP contribution < -0.4 is 21.9 Å². The van der Waals surface area contributed by atoms with E-state index in [1.165, 1.54) is 9.47 Å². The van der Waals surface area contributed by atoms with Crippen molar-refractivity contribution in [1.29, 1.82) is 0 Å². The van der Waals surface area contributed by atoms with Gasteiger partial charge in [0.15, 0.2) is 5.69 Å². The summed E-state index contributed by atoms with van der Waals surface area (Å²) in [4.78, 5) is 44.5. The molecule has 0 aliphatic rings. The minimum Gasteiger partial charge on any atom is -0.383 e. The van der Waals surface area contributed by atoms with E-state index in [1.54, 1.807) is 12.1 Å². The predicted molar refractivity (Wildman–Crippen MR) is 141 cm³/mol. The zero-order valence-corrected chi connectivity index (χ0v) is 21.1. The van der Waals surface area contributed by atoms with E-state index in [0.717, 1.165) is 11.1 Å².